The smallest absolute Gasteiger partial charge is 0.131 e. The van der Waals surface area contributed by atoms with E-state index in [1.807, 2.05) is 24.4 Å². The molecule has 2 heterocycles. The van der Waals surface area contributed by atoms with Crippen LogP contribution in [-0.2, 0) is 0 Å². The Morgan fingerprint density at radius 3 is 3.00 bits per heavy atom. The van der Waals surface area contributed by atoms with E-state index >= 15 is 0 Å². The molecule has 0 aliphatic heterocycles. The molecule has 0 radical (unpaired) electrons. The van der Waals surface area contributed by atoms with E-state index in [1.165, 1.54) is 0 Å². The average molecular weight is 240 g/mol. The highest BCUT2D eigenvalue weighted by Crippen LogP contribution is 2.20. The molecule has 0 aliphatic rings. The molecule has 0 saturated heterocycles. The van der Waals surface area contributed by atoms with Gasteiger partial charge in [-0.3, -0.25) is 0 Å². The largest absolute Gasteiger partial charge is 0.361 e. The predicted molar refractivity (Wildman–Crippen MR) is 63.4 cm³/mol. The summed E-state index contributed by atoms with van der Waals surface area (Å²) in [7, 11) is 0. The number of thiazole rings is 1. The number of hydrogen-bond donors (Lipinski definition) is 1. The topological polar surface area (TPSA) is 37.8 Å². The third-order valence-corrected chi connectivity index (χ3v) is 3.07. The Hall–Kier alpha value is -1.13. The van der Waals surface area contributed by atoms with Crippen LogP contribution in [0.3, 0.4) is 0 Å². The third-order valence-electron chi connectivity index (χ3n) is 1.90. The Balaban J connectivity index is 2.09. The third kappa shape index (κ3) is 2.67. The van der Waals surface area contributed by atoms with Crippen molar-refractivity contribution in [3.8, 4) is 0 Å². The van der Waals surface area contributed by atoms with Crippen molar-refractivity contribution in [3.63, 3.8) is 0 Å². The van der Waals surface area contributed by atoms with E-state index in [0.717, 1.165) is 10.8 Å². The van der Waals surface area contributed by atoms with Crippen molar-refractivity contribution in [2.45, 2.75) is 13.0 Å². The van der Waals surface area contributed by atoms with Crippen LogP contribution in [0.15, 0.2) is 29.8 Å². The maximum Gasteiger partial charge on any atom is 0.131 e. The summed E-state index contributed by atoms with van der Waals surface area (Å²) in [6.45, 7) is 2.04. The van der Waals surface area contributed by atoms with Crippen LogP contribution < -0.4 is 5.32 Å². The molecule has 1 N–H and O–H groups in total. The second kappa shape index (κ2) is 4.59. The van der Waals surface area contributed by atoms with Crippen LogP contribution in [0.2, 0.25) is 5.15 Å². The highest BCUT2D eigenvalue weighted by Gasteiger charge is 2.07. The molecule has 15 heavy (non-hydrogen) atoms. The zero-order chi connectivity index (χ0) is 10.7. The van der Waals surface area contributed by atoms with Gasteiger partial charge in [-0.2, -0.15) is 0 Å². The number of anilines is 1. The molecular formula is C10H10ClN3S. The number of nitrogens with one attached hydrogen (secondary N) is 1. The number of halogens is 1. The number of hydrogen-bond acceptors (Lipinski definition) is 4. The SMILES string of the molecule is CC(Nc1cccc(Cl)n1)c1nccs1. The first-order valence-corrected chi connectivity index (χ1v) is 5.80. The maximum absolute atomic E-state index is 5.79. The summed E-state index contributed by atoms with van der Waals surface area (Å²) in [4.78, 5) is 8.38. The van der Waals surface area contributed by atoms with Crippen LogP contribution in [0.25, 0.3) is 0 Å². The molecule has 2 aromatic rings. The van der Waals surface area contributed by atoms with E-state index in [9.17, 15) is 0 Å². The molecule has 0 aliphatic carbocycles. The normalized spacial score (nSPS) is 12.4. The van der Waals surface area contributed by atoms with Crippen molar-refractivity contribution in [1.29, 1.82) is 0 Å². The van der Waals surface area contributed by atoms with Gasteiger partial charge in [-0.05, 0) is 19.1 Å². The van der Waals surface area contributed by atoms with E-state index < -0.39 is 0 Å². The van der Waals surface area contributed by atoms with Gasteiger partial charge in [0.1, 0.15) is 16.0 Å². The molecule has 3 nitrogen and oxygen atoms in total. The van der Waals surface area contributed by atoms with Crippen LogP contribution in [0.4, 0.5) is 5.82 Å². The Morgan fingerprint density at radius 2 is 2.33 bits per heavy atom. The second-order valence-electron chi connectivity index (χ2n) is 3.08. The maximum atomic E-state index is 5.79. The highest BCUT2D eigenvalue weighted by molar-refractivity contribution is 7.09. The van der Waals surface area contributed by atoms with Gasteiger partial charge in [-0.25, -0.2) is 9.97 Å². The minimum Gasteiger partial charge on any atom is -0.361 e. The van der Waals surface area contributed by atoms with Gasteiger partial charge in [-0.1, -0.05) is 17.7 Å². The van der Waals surface area contributed by atoms with Crippen LogP contribution >= 0.6 is 22.9 Å². The van der Waals surface area contributed by atoms with E-state index in [2.05, 4.69) is 15.3 Å². The van der Waals surface area contributed by atoms with E-state index in [-0.39, 0.29) is 6.04 Å². The van der Waals surface area contributed by atoms with Gasteiger partial charge < -0.3 is 5.32 Å². The van der Waals surface area contributed by atoms with E-state index in [4.69, 9.17) is 11.6 Å². The van der Waals surface area contributed by atoms with Crippen LogP contribution in [0.1, 0.15) is 18.0 Å². The first-order valence-electron chi connectivity index (χ1n) is 4.54. The Bertz CT molecular complexity index is 430. The summed E-state index contributed by atoms with van der Waals surface area (Å²) >= 11 is 7.41. The van der Waals surface area contributed by atoms with Gasteiger partial charge in [0, 0.05) is 11.6 Å². The van der Waals surface area contributed by atoms with Crippen LogP contribution in [-0.4, -0.2) is 9.97 Å². The summed E-state index contributed by atoms with van der Waals surface area (Å²) in [6, 6.07) is 5.65. The van der Waals surface area contributed by atoms with Gasteiger partial charge in [0.25, 0.3) is 0 Å². The second-order valence-corrected chi connectivity index (χ2v) is 4.40. The van der Waals surface area contributed by atoms with Gasteiger partial charge in [-0.15, -0.1) is 11.3 Å². The molecule has 0 spiro atoms. The molecule has 5 heteroatoms. The first-order chi connectivity index (χ1) is 7.25. The average Bonchev–Trinajstić information content (AvgIpc) is 2.70. The van der Waals surface area contributed by atoms with Crippen LogP contribution in [0, 0.1) is 0 Å². The molecule has 0 saturated carbocycles. The molecule has 1 atom stereocenters. The molecule has 0 fully saturated rings. The molecule has 2 aromatic heterocycles. The molecule has 0 aromatic carbocycles. The molecular weight excluding hydrogens is 230 g/mol. The van der Waals surface area contributed by atoms with Crippen molar-refractivity contribution < 1.29 is 0 Å². The summed E-state index contributed by atoms with van der Waals surface area (Å²) in [5, 5.41) is 6.73. The van der Waals surface area contributed by atoms with Gasteiger partial charge in [0.15, 0.2) is 0 Å². The lowest BCUT2D eigenvalue weighted by molar-refractivity contribution is 0.861. The van der Waals surface area contributed by atoms with E-state index in [1.54, 1.807) is 23.6 Å². The van der Waals surface area contributed by atoms with Crippen molar-refractivity contribution in [1.82, 2.24) is 9.97 Å². The molecule has 78 valence electrons. The van der Waals surface area contributed by atoms with Gasteiger partial charge >= 0.3 is 0 Å². The summed E-state index contributed by atoms with van der Waals surface area (Å²) < 4.78 is 0. The minimum atomic E-state index is 0.149. The van der Waals surface area contributed by atoms with Gasteiger partial charge in [0.05, 0.1) is 6.04 Å². The first kappa shape index (κ1) is 10.4. The fourth-order valence-corrected chi connectivity index (χ4v) is 2.03. The molecule has 0 amide bonds. The van der Waals surface area contributed by atoms with E-state index in [0.29, 0.717) is 5.15 Å². The standard InChI is InChI=1S/C10H10ClN3S/c1-7(10-12-5-6-15-10)13-9-4-2-3-8(11)14-9/h2-7H,1H3,(H,13,14). The lowest BCUT2D eigenvalue weighted by Gasteiger charge is -2.11. The molecule has 2 rings (SSSR count). The lowest BCUT2D eigenvalue weighted by Crippen LogP contribution is -2.07. The number of rotatable bonds is 3. The molecule has 1 unspecified atom stereocenters. The lowest BCUT2D eigenvalue weighted by atomic mass is 10.3. The van der Waals surface area contributed by atoms with Gasteiger partial charge in [0.2, 0.25) is 0 Å². The molecule has 0 bridgehead atoms. The van der Waals surface area contributed by atoms with Crippen molar-refractivity contribution in [2.24, 2.45) is 0 Å². The number of nitrogens with zero attached hydrogens (tertiary/aromatic N) is 2. The Morgan fingerprint density at radius 1 is 1.47 bits per heavy atom. The van der Waals surface area contributed by atoms with Crippen LogP contribution in [0.5, 0.6) is 0 Å². The highest BCUT2D eigenvalue weighted by atomic mass is 35.5. The summed E-state index contributed by atoms with van der Waals surface area (Å²) in [5.41, 5.74) is 0. The Labute approximate surface area is 97.2 Å². The fourth-order valence-electron chi connectivity index (χ4n) is 1.22. The quantitative estimate of drug-likeness (QED) is 0.835. The minimum absolute atomic E-state index is 0.149. The summed E-state index contributed by atoms with van der Waals surface area (Å²) in [6.07, 6.45) is 1.80. The Kier molecular flexibility index (Phi) is 3.18. The fraction of sp³-hybridized carbons (Fsp3) is 0.200. The number of pyridine rings is 1. The van der Waals surface area contributed by atoms with Crippen molar-refractivity contribution >= 4 is 28.8 Å². The number of aromatic nitrogens is 2. The monoisotopic (exact) mass is 239 g/mol. The summed E-state index contributed by atoms with van der Waals surface area (Å²) in [5.74, 6) is 0.769. The zero-order valence-corrected chi connectivity index (χ0v) is 9.72. The van der Waals surface area contributed by atoms with Crippen molar-refractivity contribution in [2.75, 3.05) is 5.32 Å². The predicted octanol–water partition coefficient (Wildman–Crippen LogP) is 3.36. The zero-order valence-electron chi connectivity index (χ0n) is 8.14. The van der Waals surface area contributed by atoms with Crippen molar-refractivity contribution in [3.05, 3.63) is 39.9 Å².